The van der Waals surface area contributed by atoms with Gasteiger partial charge in [0.1, 0.15) is 6.04 Å². The quantitative estimate of drug-likeness (QED) is 0.663. The lowest BCUT2D eigenvalue weighted by atomic mass is 10.1. The zero-order chi connectivity index (χ0) is 10.6. The summed E-state index contributed by atoms with van der Waals surface area (Å²) < 4.78 is 0. The molecule has 0 aromatic heterocycles. The molecule has 1 fully saturated rings. The zero-order valence-electron chi connectivity index (χ0n) is 8.82. The first-order valence-electron chi connectivity index (χ1n) is 5.25. The second-order valence-corrected chi connectivity index (χ2v) is 4.20. The van der Waals surface area contributed by atoms with E-state index in [1.165, 1.54) is 12.8 Å². The Morgan fingerprint density at radius 2 is 2.00 bits per heavy atom. The lowest BCUT2D eigenvalue weighted by molar-refractivity contribution is -0.148. The highest BCUT2D eigenvalue weighted by Gasteiger charge is 2.24. The van der Waals surface area contributed by atoms with Crippen molar-refractivity contribution < 1.29 is 14.7 Å². The average Bonchev–Trinajstić information content (AvgIpc) is 2.55. The van der Waals surface area contributed by atoms with Gasteiger partial charge in [0.25, 0.3) is 0 Å². The molecule has 0 amide bonds. The molecule has 82 valence electrons. The summed E-state index contributed by atoms with van der Waals surface area (Å²) in [4.78, 5) is 16.2. The summed E-state index contributed by atoms with van der Waals surface area (Å²) in [6, 6.07) is -0.601. The molecule has 2 N–H and O–H groups in total. The van der Waals surface area contributed by atoms with Gasteiger partial charge in [-0.3, -0.25) is 9.63 Å². The Morgan fingerprint density at radius 1 is 1.43 bits per heavy atom. The van der Waals surface area contributed by atoms with E-state index < -0.39 is 12.0 Å². The van der Waals surface area contributed by atoms with Gasteiger partial charge in [0, 0.05) is 0 Å². The summed E-state index contributed by atoms with van der Waals surface area (Å²) in [6.07, 6.45) is 4.66. The SMILES string of the molecule is CC(C)C(NOC1CCCC1)C(=O)O. The van der Waals surface area contributed by atoms with E-state index in [9.17, 15) is 4.79 Å². The average molecular weight is 201 g/mol. The van der Waals surface area contributed by atoms with Crippen LogP contribution >= 0.6 is 0 Å². The molecule has 0 aromatic carbocycles. The van der Waals surface area contributed by atoms with Gasteiger partial charge < -0.3 is 5.11 Å². The summed E-state index contributed by atoms with van der Waals surface area (Å²) in [5.41, 5.74) is 2.66. The Labute approximate surface area is 84.6 Å². The molecule has 1 aliphatic carbocycles. The highest BCUT2D eigenvalue weighted by molar-refractivity contribution is 5.73. The number of rotatable bonds is 5. The van der Waals surface area contributed by atoms with E-state index in [4.69, 9.17) is 9.94 Å². The van der Waals surface area contributed by atoms with Gasteiger partial charge in [-0.15, -0.1) is 0 Å². The Hall–Kier alpha value is -0.610. The monoisotopic (exact) mass is 201 g/mol. The Kier molecular flexibility index (Phi) is 4.35. The van der Waals surface area contributed by atoms with Gasteiger partial charge in [-0.1, -0.05) is 26.7 Å². The van der Waals surface area contributed by atoms with Crippen molar-refractivity contribution in [3.8, 4) is 0 Å². The maximum atomic E-state index is 10.8. The Bertz CT molecular complexity index is 188. The zero-order valence-corrected chi connectivity index (χ0v) is 8.82. The normalized spacial score (nSPS) is 20.2. The summed E-state index contributed by atoms with van der Waals surface area (Å²) >= 11 is 0. The number of carboxylic acid groups (broad SMARTS) is 1. The molecular formula is C10H19NO3. The van der Waals surface area contributed by atoms with Crippen molar-refractivity contribution >= 4 is 5.97 Å². The molecule has 1 aliphatic rings. The van der Waals surface area contributed by atoms with Crippen LogP contribution in [0.2, 0.25) is 0 Å². The number of carboxylic acids is 1. The molecule has 1 saturated carbocycles. The van der Waals surface area contributed by atoms with Crippen molar-refractivity contribution in [2.75, 3.05) is 0 Å². The Morgan fingerprint density at radius 3 is 2.43 bits per heavy atom. The summed E-state index contributed by atoms with van der Waals surface area (Å²) in [5, 5.41) is 8.88. The maximum absolute atomic E-state index is 10.8. The summed E-state index contributed by atoms with van der Waals surface area (Å²) in [6.45, 7) is 3.73. The molecule has 0 aromatic rings. The largest absolute Gasteiger partial charge is 0.480 e. The molecule has 0 spiro atoms. The van der Waals surface area contributed by atoms with Gasteiger partial charge in [-0.2, -0.15) is 5.48 Å². The number of aliphatic carboxylic acids is 1. The van der Waals surface area contributed by atoms with Crippen LogP contribution in [0.15, 0.2) is 0 Å². The van der Waals surface area contributed by atoms with Crippen molar-refractivity contribution in [2.45, 2.75) is 51.7 Å². The number of hydrogen-bond acceptors (Lipinski definition) is 3. The minimum absolute atomic E-state index is 0.0360. The number of hydroxylamine groups is 1. The molecule has 1 rings (SSSR count). The third kappa shape index (κ3) is 3.27. The topological polar surface area (TPSA) is 58.6 Å². The molecule has 1 unspecified atom stereocenters. The van der Waals surface area contributed by atoms with Crippen molar-refractivity contribution in [2.24, 2.45) is 5.92 Å². The first kappa shape index (κ1) is 11.5. The standard InChI is InChI=1S/C10H19NO3/c1-7(2)9(10(12)13)11-14-8-5-3-4-6-8/h7-9,11H,3-6H2,1-2H3,(H,12,13). The fourth-order valence-electron chi connectivity index (χ4n) is 1.65. The predicted molar refractivity (Wildman–Crippen MR) is 52.7 cm³/mol. The molecule has 0 saturated heterocycles. The van der Waals surface area contributed by atoms with E-state index >= 15 is 0 Å². The van der Waals surface area contributed by atoms with Crippen molar-refractivity contribution in [1.82, 2.24) is 5.48 Å². The first-order chi connectivity index (χ1) is 6.61. The minimum Gasteiger partial charge on any atom is -0.480 e. The van der Waals surface area contributed by atoms with E-state index in [2.05, 4.69) is 5.48 Å². The molecule has 0 aliphatic heterocycles. The van der Waals surface area contributed by atoms with E-state index in [-0.39, 0.29) is 12.0 Å². The van der Waals surface area contributed by atoms with Gasteiger partial charge in [0.05, 0.1) is 6.10 Å². The molecule has 0 heterocycles. The van der Waals surface area contributed by atoms with E-state index in [1.807, 2.05) is 13.8 Å². The fourth-order valence-corrected chi connectivity index (χ4v) is 1.65. The van der Waals surface area contributed by atoms with Gasteiger partial charge >= 0.3 is 5.97 Å². The fraction of sp³-hybridized carbons (Fsp3) is 0.900. The van der Waals surface area contributed by atoms with Gasteiger partial charge in [-0.05, 0) is 18.8 Å². The third-order valence-electron chi connectivity index (χ3n) is 2.60. The molecule has 4 nitrogen and oxygen atoms in total. The summed E-state index contributed by atoms with van der Waals surface area (Å²) in [7, 11) is 0. The number of nitrogens with one attached hydrogen (secondary N) is 1. The number of hydrogen-bond donors (Lipinski definition) is 2. The molecule has 14 heavy (non-hydrogen) atoms. The van der Waals surface area contributed by atoms with Gasteiger partial charge in [0.15, 0.2) is 0 Å². The predicted octanol–water partition coefficient (Wildman–Crippen LogP) is 1.56. The summed E-state index contributed by atoms with van der Waals surface area (Å²) in [5.74, 6) is -0.813. The molecule has 0 bridgehead atoms. The smallest absolute Gasteiger partial charge is 0.323 e. The first-order valence-corrected chi connectivity index (χ1v) is 5.25. The van der Waals surface area contributed by atoms with Gasteiger partial charge in [-0.25, -0.2) is 0 Å². The second-order valence-electron chi connectivity index (χ2n) is 4.20. The lowest BCUT2D eigenvalue weighted by Crippen LogP contribution is -2.42. The van der Waals surface area contributed by atoms with E-state index in [0.29, 0.717) is 0 Å². The van der Waals surface area contributed by atoms with Crippen LogP contribution in [0.4, 0.5) is 0 Å². The van der Waals surface area contributed by atoms with Crippen LogP contribution in [0.25, 0.3) is 0 Å². The second kappa shape index (κ2) is 5.32. The highest BCUT2D eigenvalue weighted by atomic mass is 16.7. The van der Waals surface area contributed by atoms with Crippen molar-refractivity contribution in [1.29, 1.82) is 0 Å². The molecule has 4 heteroatoms. The minimum atomic E-state index is -0.849. The Balaban J connectivity index is 2.28. The molecular weight excluding hydrogens is 182 g/mol. The van der Waals surface area contributed by atoms with Crippen molar-refractivity contribution in [3.05, 3.63) is 0 Å². The maximum Gasteiger partial charge on any atom is 0.323 e. The van der Waals surface area contributed by atoms with E-state index in [0.717, 1.165) is 12.8 Å². The van der Waals surface area contributed by atoms with Crippen LogP contribution in [-0.4, -0.2) is 23.2 Å². The van der Waals surface area contributed by atoms with Crippen LogP contribution in [0.5, 0.6) is 0 Å². The third-order valence-corrected chi connectivity index (χ3v) is 2.60. The van der Waals surface area contributed by atoms with Crippen LogP contribution in [-0.2, 0) is 9.63 Å². The number of carbonyl (C=O) groups is 1. The molecule has 1 atom stereocenters. The molecule has 0 radical (unpaired) electrons. The van der Waals surface area contributed by atoms with Crippen LogP contribution in [0, 0.1) is 5.92 Å². The van der Waals surface area contributed by atoms with Crippen LogP contribution in [0.3, 0.4) is 0 Å². The van der Waals surface area contributed by atoms with E-state index in [1.54, 1.807) is 0 Å². The van der Waals surface area contributed by atoms with Crippen molar-refractivity contribution in [3.63, 3.8) is 0 Å². The van der Waals surface area contributed by atoms with Gasteiger partial charge in [0.2, 0.25) is 0 Å². The van der Waals surface area contributed by atoms with Crippen LogP contribution < -0.4 is 5.48 Å². The lowest BCUT2D eigenvalue weighted by Gasteiger charge is -2.20. The highest BCUT2D eigenvalue weighted by Crippen LogP contribution is 2.20. The van der Waals surface area contributed by atoms with Crippen LogP contribution in [0.1, 0.15) is 39.5 Å².